The van der Waals surface area contributed by atoms with Crippen LogP contribution in [0, 0.1) is 0 Å². The van der Waals surface area contributed by atoms with Gasteiger partial charge in [-0.25, -0.2) is 0 Å². The van der Waals surface area contributed by atoms with E-state index in [1.54, 1.807) is 6.07 Å². The first-order chi connectivity index (χ1) is 13.6. The summed E-state index contributed by atoms with van der Waals surface area (Å²) in [4.78, 5) is 27.1. The highest BCUT2D eigenvalue weighted by molar-refractivity contribution is 5.97. The number of benzene rings is 1. The molecule has 1 aliphatic carbocycles. The van der Waals surface area contributed by atoms with Gasteiger partial charge in [0.15, 0.2) is 0 Å². The number of carbonyl (C=O) groups excluding carboxylic acids is 2. The molecule has 0 aromatic heterocycles. The van der Waals surface area contributed by atoms with Crippen LogP contribution >= 0.6 is 0 Å². The van der Waals surface area contributed by atoms with E-state index in [4.69, 9.17) is 9.47 Å². The van der Waals surface area contributed by atoms with E-state index in [1.165, 1.54) is 0 Å². The molecule has 2 aliphatic heterocycles. The Bertz CT molecular complexity index is 724. The fourth-order valence-electron chi connectivity index (χ4n) is 4.37. The molecule has 1 aromatic rings. The quantitative estimate of drug-likeness (QED) is 0.818. The Morgan fingerprint density at radius 2 is 1.96 bits per heavy atom. The number of nitrogens with zero attached hydrogens (tertiary/aromatic N) is 1. The predicted octanol–water partition coefficient (Wildman–Crippen LogP) is 1.33. The first-order valence-electron chi connectivity index (χ1n) is 10.2. The minimum absolute atomic E-state index is 0.0813. The number of ether oxygens (including phenoxy) is 2. The summed E-state index contributed by atoms with van der Waals surface area (Å²) in [5, 5.41) is 6.23. The molecule has 1 saturated heterocycles. The monoisotopic (exact) mass is 387 g/mol. The van der Waals surface area contributed by atoms with Crippen molar-refractivity contribution in [2.45, 2.75) is 50.3 Å². The van der Waals surface area contributed by atoms with E-state index in [0.717, 1.165) is 38.8 Å². The van der Waals surface area contributed by atoms with Crippen LogP contribution in [0.2, 0.25) is 0 Å². The first kappa shape index (κ1) is 19.2. The number of para-hydroxylation sites is 1. The zero-order chi connectivity index (χ0) is 19.6. The van der Waals surface area contributed by atoms with Gasteiger partial charge in [0, 0.05) is 19.1 Å². The summed E-state index contributed by atoms with van der Waals surface area (Å²) in [5.74, 6) is 0.659. The normalized spacial score (nSPS) is 29.2. The largest absolute Gasteiger partial charge is 0.485 e. The Labute approximate surface area is 165 Å². The lowest BCUT2D eigenvalue weighted by Crippen LogP contribution is -2.54. The average molecular weight is 387 g/mol. The van der Waals surface area contributed by atoms with Crippen molar-refractivity contribution in [2.75, 3.05) is 32.8 Å². The Morgan fingerprint density at radius 3 is 2.71 bits per heavy atom. The zero-order valence-electron chi connectivity index (χ0n) is 16.4. The summed E-state index contributed by atoms with van der Waals surface area (Å²) in [7, 11) is 0. The van der Waals surface area contributed by atoms with Crippen LogP contribution < -0.4 is 15.4 Å². The maximum atomic E-state index is 12.7. The van der Waals surface area contributed by atoms with Crippen LogP contribution in [0.5, 0.6) is 5.75 Å². The number of carbonyl (C=O) groups is 2. The van der Waals surface area contributed by atoms with E-state index < -0.39 is 0 Å². The van der Waals surface area contributed by atoms with Crippen molar-refractivity contribution in [2.24, 2.45) is 0 Å². The fraction of sp³-hybridized carbons (Fsp3) is 0.619. The molecule has 2 N–H and O–H groups in total. The number of nitrogens with one attached hydrogen (secondary N) is 2. The Kier molecular flexibility index (Phi) is 5.55. The molecule has 4 rings (SSSR count). The molecule has 2 heterocycles. The van der Waals surface area contributed by atoms with E-state index in [-0.39, 0.29) is 29.5 Å². The van der Waals surface area contributed by atoms with Gasteiger partial charge in [0.2, 0.25) is 5.91 Å². The standard InChI is InChI=1S/C21H29N3O4/c1-15(24-10-12-27-13-11-24)19(25)23-16-6-8-21(9-7-16)14-22-20(26)17-4-2-3-5-18(17)28-21/h2-5,15-16H,6-14H2,1H3,(H,22,26)(H,23,25)/t15-,16?,21?/m1/s1. The predicted molar refractivity (Wildman–Crippen MR) is 104 cm³/mol. The molecule has 0 unspecified atom stereocenters. The lowest BCUT2D eigenvalue weighted by molar-refractivity contribution is -0.128. The second kappa shape index (κ2) is 8.09. The summed E-state index contributed by atoms with van der Waals surface area (Å²) in [6.45, 7) is 5.45. The van der Waals surface area contributed by atoms with Crippen molar-refractivity contribution < 1.29 is 19.1 Å². The van der Waals surface area contributed by atoms with Gasteiger partial charge in [-0.3, -0.25) is 14.5 Å². The van der Waals surface area contributed by atoms with Gasteiger partial charge in [-0.2, -0.15) is 0 Å². The van der Waals surface area contributed by atoms with Crippen molar-refractivity contribution in [3.63, 3.8) is 0 Å². The number of hydrogen-bond acceptors (Lipinski definition) is 5. The molecule has 1 aromatic carbocycles. The number of fused-ring (bicyclic) bond motifs is 1. The summed E-state index contributed by atoms with van der Waals surface area (Å²) in [5.41, 5.74) is 0.202. The van der Waals surface area contributed by atoms with Crippen LogP contribution in [0.25, 0.3) is 0 Å². The third kappa shape index (κ3) is 4.00. The lowest BCUT2D eigenvalue weighted by Gasteiger charge is -2.40. The van der Waals surface area contributed by atoms with Crippen LogP contribution in [0.15, 0.2) is 24.3 Å². The van der Waals surface area contributed by atoms with Crippen LogP contribution in [0.4, 0.5) is 0 Å². The van der Waals surface area contributed by atoms with Gasteiger partial charge in [0.25, 0.3) is 5.91 Å². The van der Waals surface area contributed by atoms with Crippen molar-refractivity contribution >= 4 is 11.8 Å². The van der Waals surface area contributed by atoms with Gasteiger partial charge in [0.05, 0.1) is 31.4 Å². The molecular weight excluding hydrogens is 358 g/mol. The SMILES string of the molecule is C[C@H](C(=O)NC1CCC2(CC1)CNC(=O)c1ccccc1O2)N1CCOCC1. The van der Waals surface area contributed by atoms with Gasteiger partial charge >= 0.3 is 0 Å². The summed E-state index contributed by atoms with van der Waals surface area (Å²) < 4.78 is 11.7. The van der Waals surface area contributed by atoms with Crippen LogP contribution in [0.3, 0.4) is 0 Å². The molecule has 28 heavy (non-hydrogen) atoms. The molecule has 1 spiro atoms. The van der Waals surface area contributed by atoms with Crippen LogP contribution in [-0.2, 0) is 9.53 Å². The summed E-state index contributed by atoms with van der Waals surface area (Å²) in [6.07, 6.45) is 3.30. The van der Waals surface area contributed by atoms with Crippen LogP contribution in [0.1, 0.15) is 43.0 Å². The molecule has 7 heteroatoms. The number of amides is 2. The molecule has 2 fully saturated rings. The Balaban J connectivity index is 1.34. The molecule has 1 atom stereocenters. The molecule has 1 saturated carbocycles. The molecule has 0 bridgehead atoms. The maximum Gasteiger partial charge on any atom is 0.255 e. The van der Waals surface area contributed by atoms with E-state index in [1.807, 2.05) is 25.1 Å². The zero-order valence-corrected chi connectivity index (χ0v) is 16.4. The highest BCUT2D eigenvalue weighted by Gasteiger charge is 2.41. The summed E-state index contributed by atoms with van der Waals surface area (Å²) in [6, 6.07) is 7.41. The Morgan fingerprint density at radius 1 is 1.25 bits per heavy atom. The maximum absolute atomic E-state index is 12.7. The first-order valence-corrected chi connectivity index (χ1v) is 10.2. The van der Waals surface area contributed by atoms with Gasteiger partial charge < -0.3 is 20.1 Å². The molecule has 0 radical (unpaired) electrons. The molecule has 7 nitrogen and oxygen atoms in total. The van der Waals surface area contributed by atoms with Crippen molar-refractivity contribution in [1.29, 1.82) is 0 Å². The van der Waals surface area contributed by atoms with E-state index in [2.05, 4.69) is 15.5 Å². The van der Waals surface area contributed by atoms with Gasteiger partial charge in [-0.1, -0.05) is 12.1 Å². The fourth-order valence-corrected chi connectivity index (χ4v) is 4.37. The number of rotatable bonds is 3. The highest BCUT2D eigenvalue weighted by Crippen LogP contribution is 2.36. The topological polar surface area (TPSA) is 79.9 Å². The van der Waals surface area contributed by atoms with Crippen molar-refractivity contribution in [1.82, 2.24) is 15.5 Å². The van der Waals surface area contributed by atoms with E-state index in [9.17, 15) is 9.59 Å². The van der Waals surface area contributed by atoms with Crippen molar-refractivity contribution in [3.8, 4) is 5.75 Å². The van der Waals surface area contributed by atoms with Gasteiger partial charge in [-0.15, -0.1) is 0 Å². The second-order valence-electron chi connectivity index (χ2n) is 8.07. The minimum Gasteiger partial charge on any atom is -0.485 e. The lowest BCUT2D eigenvalue weighted by atomic mass is 9.81. The van der Waals surface area contributed by atoms with Gasteiger partial charge in [0.1, 0.15) is 11.4 Å². The smallest absolute Gasteiger partial charge is 0.255 e. The van der Waals surface area contributed by atoms with Gasteiger partial charge in [-0.05, 0) is 44.7 Å². The molecule has 2 amide bonds. The highest BCUT2D eigenvalue weighted by atomic mass is 16.5. The third-order valence-electron chi connectivity index (χ3n) is 6.25. The Hall–Kier alpha value is -2.12. The molecule has 152 valence electrons. The van der Waals surface area contributed by atoms with E-state index in [0.29, 0.717) is 31.1 Å². The van der Waals surface area contributed by atoms with Crippen LogP contribution in [-0.4, -0.2) is 67.2 Å². The van der Waals surface area contributed by atoms with Crippen molar-refractivity contribution in [3.05, 3.63) is 29.8 Å². The van der Waals surface area contributed by atoms with E-state index >= 15 is 0 Å². The summed E-state index contributed by atoms with van der Waals surface area (Å²) >= 11 is 0. The number of hydrogen-bond donors (Lipinski definition) is 2. The number of morpholine rings is 1. The molecular formula is C21H29N3O4. The second-order valence-corrected chi connectivity index (χ2v) is 8.07. The molecule has 3 aliphatic rings. The third-order valence-corrected chi connectivity index (χ3v) is 6.25. The minimum atomic E-state index is -0.390. The average Bonchev–Trinajstić information content (AvgIpc) is 2.87.